The van der Waals surface area contributed by atoms with Crippen LogP contribution in [0.25, 0.3) is 6.08 Å². The molecule has 2 aromatic rings. The van der Waals surface area contributed by atoms with Gasteiger partial charge in [-0.05, 0) is 23.8 Å². The molecule has 2 aromatic carbocycles. The number of morpholine rings is 1. The minimum Gasteiger partial charge on any atom is -0.488 e. The molecule has 1 aliphatic heterocycles. The van der Waals surface area contributed by atoms with Crippen LogP contribution in [-0.4, -0.2) is 50.1 Å². The van der Waals surface area contributed by atoms with Gasteiger partial charge in [0, 0.05) is 26.6 Å². The third kappa shape index (κ3) is 5.94. The van der Waals surface area contributed by atoms with Crippen molar-refractivity contribution in [3.63, 3.8) is 0 Å². The van der Waals surface area contributed by atoms with Crippen LogP contribution >= 0.6 is 0 Å². The summed E-state index contributed by atoms with van der Waals surface area (Å²) in [6.45, 7) is 6.27. The first-order valence-corrected chi connectivity index (χ1v) is 9.20. The van der Waals surface area contributed by atoms with Crippen molar-refractivity contribution in [3.05, 3.63) is 65.9 Å². The lowest BCUT2D eigenvalue weighted by atomic mass is 10.2. The molecule has 142 valence electrons. The summed E-state index contributed by atoms with van der Waals surface area (Å²) in [6.07, 6.45) is 1.74. The number of carbonyl (C=O) groups excluding carboxylic acids is 1. The molecule has 3 rings (SSSR count). The lowest BCUT2D eigenvalue weighted by molar-refractivity contribution is -0.115. The smallest absolute Gasteiger partial charge is 0.194 e. The van der Waals surface area contributed by atoms with Crippen LogP contribution in [0.4, 0.5) is 0 Å². The molecule has 0 saturated carbocycles. The van der Waals surface area contributed by atoms with Crippen LogP contribution in [-0.2, 0) is 9.53 Å². The second kappa shape index (κ2) is 9.90. The van der Waals surface area contributed by atoms with Gasteiger partial charge < -0.3 is 14.2 Å². The number of para-hydroxylation sites is 2. The van der Waals surface area contributed by atoms with Crippen LogP contribution in [0.1, 0.15) is 12.5 Å². The van der Waals surface area contributed by atoms with Crippen LogP contribution in [0.3, 0.4) is 0 Å². The quantitative estimate of drug-likeness (QED) is 0.529. The maximum atomic E-state index is 12.0. The topological polar surface area (TPSA) is 48.0 Å². The summed E-state index contributed by atoms with van der Waals surface area (Å²) < 4.78 is 17.2. The van der Waals surface area contributed by atoms with Gasteiger partial charge in [-0.15, -0.1) is 0 Å². The first-order chi connectivity index (χ1) is 13.2. The minimum atomic E-state index is -0.137. The molecule has 1 saturated heterocycles. The fourth-order valence-electron chi connectivity index (χ4n) is 2.79. The summed E-state index contributed by atoms with van der Waals surface area (Å²) in [4.78, 5) is 14.3. The van der Waals surface area contributed by atoms with Gasteiger partial charge in [0.25, 0.3) is 0 Å². The predicted molar refractivity (Wildman–Crippen MR) is 105 cm³/mol. The van der Waals surface area contributed by atoms with Crippen molar-refractivity contribution in [2.24, 2.45) is 0 Å². The van der Waals surface area contributed by atoms with E-state index in [1.54, 1.807) is 6.08 Å². The van der Waals surface area contributed by atoms with Gasteiger partial charge in [-0.1, -0.05) is 42.5 Å². The molecule has 0 unspecified atom stereocenters. The fraction of sp³-hybridized carbons (Fsp3) is 0.318. The Bertz CT molecular complexity index is 767. The number of Topliss-reactive ketones (excluding diaryl/α,β-unsaturated/α-hetero) is 1. The average Bonchev–Trinajstić information content (AvgIpc) is 2.70. The Morgan fingerprint density at radius 2 is 1.70 bits per heavy atom. The summed E-state index contributed by atoms with van der Waals surface area (Å²) in [5.74, 6) is 1.32. The molecule has 1 heterocycles. The van der Waals surface area contributed by atoms with E-state index < -0.39 is 0 Å². The highest BCUT2D eigenvalue weighted by Gasteiger charge is 2.13. The van der Waals surface area contributed by atoms with Gasteiger partial charge in [-0.25, -0.2) is 0 Å². The Hall–Kier alpha value is -2.63. The van der Waals surface area contributed by atoms with Crippen molar-refractivity contribution in [3.8, 4) is 11.5 Å². The third-order valence-electron chi connectivity index (χ3n) is 4.28. The molecule has 0 amide bonds. The summed E-state index contributed by atoms with van der Waals surface area (Å²) in [7, 11) is 0. The zero-order valence-electron chi connectivity index (χ0n) is 15.6. The third-order valence-corrected chi connectivity index (χ3v) is 4.28. The zero-order valence-corrected chi connectivity index (χ0v) is 15.6. The number of carbonyl (C=O) groups is 1. The first kappa shape index (κ1) is 19.1. The number of benzene rings is 2. The summed E-state index contributed by atoms with van der Waals surface area (Å²) in [6, 6.07) is 17.1. The Morgan fingerprint density at radius 3 is 2.41 bits per heavy atom. The van der Waals surface area contributed by atoms with Gasteiger partial charge >= 0.3 is 0 Å². The number of hydrogen-bond acceptors (Lipinski definition) is 5. The largest absolute Gasteiger partial charge is 0.488 e. The number of ether oxygens (including phenoxy) is 3. The van der Waals surface area contributed by atoms with E-state index in [0.717, 1.165) is 38.4 Å². The predicted octanol–water partition coefficient (Wildman–Crippen LogP) is 3.41. The minimum absolute atomic E-state index is 0.137. The molecule has 0 bridgehead atoms. The molecule has 1 fully saturated rings. The number of allylic oxidation sites excluding steroid dienone is 1. The zero-order chi connectivity index (χ0) is 18.9. The van der Waals surface area contributed by atoms with E-state index in [4.69, 9.17) is 14.2 Å². The highest BCUT2D eigenvalue weighted by Crippen LogP contribution is 2.29. The van der Waals surface area contributed by atoms with E-state index in [9.17, 15) is 4.79 Å². The molecule has 0 aliphatic carbocycles. The molecule has 1 aliphatic rings. The highest BCUT2D eigenvalue weighted by molar-refractivity contribution is 5.96. The van der Waals surface area contributed by atoms with Crippen molar-refractivity contribution in [1.29, 1.82) is 0 Å². The first-order valence-electron chi connectivity index (χ1n) is 9.20. The number of nitrogens with zero attached hydrogens (tertiary/aromatic N) is 1. The van der Waals surface area contributed by atoms with Crippen LogP contribution < -0.4 is 9.47 Å². The Kier molecular flexibility index (Phi) is 7.02. The van der Waals surface area contributed by atoms with Gasteiger partial charge in [-0.3, -0.25) is 9.69 Å². The van der Waals surface area contributed by atoms with Crippen LogP contribution in [0.15, 0.2) is 60.4 Å². The van der Waals surface area contributed by atoms with Crippen LogP contribution in [0.2, 0.25) is 0 Å². The highest BCUT2D eigenvalue weighted by atomic mass is 16.5. The normalized spacial score (nSPS) is 15.4. The van der Waals surface area contributed by atoms with Gasteiger partial charge in [-0.2, -0.15) is 0 Å². The SMILES string of the molecule is CC(=O)/C(=C/c1ccccc1)Oc1ccccc1OCCN1CCOCC1. The summed E-state index contributed by atoms with van der Waals surface area (Å²) in [5, 5.41) is 0. The van der Waals surface area contributed by atoms with Crippen molar-refractivity contribution < 1.29 is 19.0 Å². The Morgan fingerprint density at radius 1 is 1.04 bits per heavy atom. The standard InChI is InChI=1S/C22H25NO4/c1-18(24)22(17-19-7-3-2-4-8-19)27-21-10-6-5-9-20(21)26-16-13-23-11-14-25-15-12-23/h2-10,17H,11-16H2,1H3/b22-17-. The number of rotatable bonds is 8. The van der Waals surface area contributed by atoms with Gasteiger partial charge in [0.1, 0.15) is 6.61 Å². The van der Waals surface area contributed by atoms with E-state index in [2.05, 4.69) is 4.90 Å². The van der Waals surface area contributed by atoms with Crippen LogP contribution in [0, 0.1) is 0 Å². The van der Waals surface area contributed by atoms with Crippen molar-refractivity contribution in [2.45, 2.75) is 6.92 Å². The summed E-state index contributed by atoms with van der Waals surface area (Å²) in [5.41, 5.74) is 0.911. The molecule has 0 N–H and O–H groups in total. The second-order valence-electron chi connectivity index (χ2n) is 6.33. The molecule has 5 heteroatoms. The van der Waals surface area contributed by atoms with E-state index in [1.807, 2.05) is 54.6 Å². The Balaban J connectivity index is 1.66. The monoisotopic (exact) mass is 367 g/mol. The molecule has 0 aromatic heterocycles. The van der Waals surface area contributed by atoms with E-state index in [-0.39, 0.29) is 11.5 Å². The maximum Gasteiger partial charge on any atom is 0.194 e. The molecular formula is C22H25NO4. The van der Waals surface area contributed by atoms with E-state index >= 15 is 0 Å². The van der Waals surface area contributed by atoms with Gasteiger partial charge in [0.15, 0.2) is 23.0 Å². The average molecular weight is 367 g/mol. The van der Waals surface area contributed by atoms with Crippen molar-refractivity contribution in [1.82, 2.24) is 4.90 Å². The van der Waals surface area contributed by atoms with Gasteiger partial charge in [0.05, 0.1) is 13.2 Å². The van der Waals surface area contributed by atoms with E-state index in [1.165, 1.54) is 6.92 Å². The lowest BCUT2D eigenvalue weighted by Gasteiger charge is -2.26. The Labute approximate surface area is 160 Å². The number of ketones is 1. The molecule has 0 spiro atoms. The van der Waals surface area contributed by atoms with Crippen molar-refractivity contribution >= 4 is 11.9 Å². The lowest BCUT2D eigenvalue weighted by Crippen LogP contribution is -2.38. The van der Waals surface area contributed by atoms with Crippen LogP contribution in [0.5, 0.6) is 11.5 Å². The summed E-state index contributed by atoms with van der Waals surface area (Å²) >= 11 is 0. The molecule has 0 atom stereocenters. The molecule has 0 radical (unpaired) electrons. The second-order valence-corrected chi connectivity index (χ2v) is 6.33. The van der Waals surface area contributed by atoms with E-state index in [0.29, 0.717) is 18.1 Å². The molecular weight excluding hydrogens is 342 g/mol. The number of hydrogen-bond donors (Lipinski definition) is 0. The fourth-order valence-corrected chi connectivity index (χ4v) is 2.79. The molecule has 27 heavy (non-hydrogen) atoms. The maximum absolute atomic E-state index is 12.0. The van der Waals surface area contributed by atoms with Gasteiger partial charge in [0.2, 0.25) is 0 Å². The van der Waals surface area contributed by atoms with Crippen molar-refractivity contribution in [2.75, 3.05) is 39.5 Å². The molecule has 5 nitrogen and oxygen atoms in total.